The maximum Gasteiger partial charge on any atom is 0.254 e. The number of hydrogen-bond acceptors (Lipinski definition) is 4. The van der Waals surface area contributed by atoms with Gasteiger partial charge in [0.05, 0.1) is 6.10 Å². The fraction of sp³-hybridized carbons (Fsp3) is 0.533. The maximum absolute atomic E-state index is 12.6. The summed E-state index contributed by atoms with van der Waals surface area (Å²) in [6, 6.07) is 4.82. The van der Waals surface area contributed by atoms with Gasteiger partial charge in [-0.25, -0.2) is 0 Å². The van der Waals surface area contributed by atoms with Gasteiger partial charge in [0.1, 0.15) is 5.75 Å². The Hall–Kier alpha value is -1.59. The number of phenols is 1. The fourth-order valence-electron chi connectivity index (χ4n) is 2.76. The number of hydrogen-bond donors (Lipinski definition) is 2. The van der Waals surface area contributed by atoms with Crippen molar-refractivity contribution in [2.75, 3.05) is 20.2 Å². The monoisotopic (exact) mass is 278 g/mol. The standard InChI is InChI=1S/C15H22N2O3/c1-10-7-12(18)3-4-14(10)15(19)17-6-5-13(20-2)8-11(17)9-16/h3-4,7,11,13,18H,5-6,8-9,16H2,1-2H3. The molecule has 20 heavy (non-hydrogen) atoms. The fourth-order valence-corrected chi connectivity index (χ4v) is 2.76. The first kappa shape index (κ1) is 14.8. The lowest BCUT2D eigenvalue weighted by molar-refractivity contribution is 0.0138. The van der Waals surface area contributed by atoms with Crippen LogP contribution in [0.1, 0.15) is 28.8 Å². The number of nitrogens with zero attached hydrogens (tertiary/aromatic N) is 1. The zero-order valence-corrected chi connectivity index (χ0v) is 12.0. The van der Waals surface area contributed by atoms with Gasteiger partial charge in [0.25, 0.3) is 5.91 Å². The quantitative estimate of drug-likeness (QED) is 0.873. The molecule has 2 rings (SSSR count). The van der Waals surface area contributed by atoms with Gasteiger partial charge in [0.2, 0.25) is 0 Å². The molecule has 3 N–H and O–H groups in total. The Labute approximate surface area is 119 Å². The smallest absolute Gasteiger partial charge is 0.254 e. The number of amides is 1. The van der Waals surface area contributed by atoms with Crippen LogP contribution >= 0.6 is 0 Å². The van der Waals surface area contributed by atoms with Crippen LogP contribution in [0.15, 0.2) is 18.2 Å². The highest BCUT2D eigenvalue weighted by atomic mass is 16.5. The molecule has 1 heterocycles. The van der Waals surface area contributed by atoms with E-state index in [4.69, 9.17) is 10.5 Å². The number of likely N-dealkylation sites (tertiary alicyclic amines) is 1. The molecule has 1 amide bonds. The van der Waals surface area contributed by atoms with Gasteiger partial charge in [0, 0.05) is 31.8 Å². The summed E-state index contributed by atoms with van der Waals surface area (Å²) < 4.78 is 5.37. The summed E-state index contributed by atoms with van der Waals surface area (Å²) in [7, 11) is 1.69. The molecule has 5 heteroatoms. The van der Waals surface area contributed by atoms with Gasteiger partial charge in [-0.15, -0.1) is 0 Å². The maximum atomic E-state index is 12.6. The van der Waals surface area contributed by atoms with Crippen molar-refractivity contribution in [3.63, 3.8) is 0 Å². The molecule has 1 aromatic rings. The molecule has 1 aliphatic heterocycles. The van der Waals surface area contributed by atoms with E-state index in [1.54, 1.807) is 25.3 Å². The molecule has 1 aliphatic rings. The number of aromatic hydroxyl groups is 1. The predicted octanol–water partition coefficient (Wildman–Crippen LogP) is 1.28. The summed E-state index contributed by atoms with van der Waals surface area (Å²) in [5.74, 6) is 0.153. The van der Waals surface area contributed by atoms with Crippen LogP contribution in [0.2, 0.25) is 0 Å². The molecule has 0 bridgehead atoms. The third-order valence-corrected chi connectivity index (χ3v) is 3.97. The van der Waals surface area contributed by atoms with E-state index in [1.165, 1.54) is 0 Å². The average Bonchev–Trinajstić information content (AvgIpc) is 2.46. The van der Waals surface area contributed by atoms with Crippen LogP contribution in [-0.4, -0.2) is 48.3 Å². The van der Waals surface area contributed by atoms with E-state index in [9.17, 15) is 9.90 Å². The van der Waals surface area contributed by atoms with Crippen LogP contribution in [0.3, 0.4) is 0 Å². The number of piperidine rings is 1. The van der Waals surface area contributed by atoms with Gasteiger partial charge >= 0.3 is 0 Å². The molecule has 5 nitrogen and oxygen atoms in total. The third kappa shape index (κ3) is 2.94. The minimum absolute atomic E-state index is 0.00871. The van der Waals surface area contributed by atoms with Crippen molar-refractivity contribution in [3.8, 4) is 5.75 Å². The van der Waals surface area contributed by atoms with Crippen LogP contribution < -0.4 is 5.73 Å². The van der Waals surface area contributed by atoms with E-state index in [2.05, 4.69) is 0 Å². The van der Waals surface area contributed by atoms with Gasteiger partial charge < -0.3 is 20.5 Å². The van der Waals surface area contributed by atoms with Crippen LogP contribution in [0.25, 0.3) is 0 Å². The number of aryl methyl sites for hydroxylation is 1. The molecule has 1 fully saturated rings. The third-order valence-electron chi connectivity index (χ3n) is 3.97. The minimum atomic E-state index is -0.0208. The van der Waals surface area contributed by atoms with Crippen LogP contribution in [0.5, 0.6) is 5.75 Å². The zero-order chi connectivity index (χ0) is 14.7. The second-order valence-corrected chi connectivity index (χ2v) is 5.27. The summed E-state index contributed by atoms with van der Waals surface area (Å²) in [6.07, 6.45) is 1.78. The molecule has 0 aromatic heterocycles. The molecule has 0 spiro atoms. The van der Waals surface area contributed by atoms with Crippen molar-refractivity contribution in [3.05, 3.63) is 29.3 Å². The summed E-state index contributed by atoms with van der Waals surface area (Å²) in [6.45, 7) is 2.91. The van der Waals surface area contributed by atoms with Crippen molar-refractivity contribution >= 4 is 5.91 Å². The lowest BCUT2D eigenvalue weighted by Crippen LogP contribution is -2.51. The normalized spacial score (nSPS) is 22.9. The van der Waals surface area contributed by atoms with Gasteiger partial charge in [-0.3, -0.25) is 4.79 Å². The predicted molar refractivity (Wildman–Crippen MR) is 76.8 cm³/mol. The number of ether oxygens (including phenoxy) is 1. The Morgan fingerprint density at radius 3 is 2.90 bits per heavy atom. The summed E-state index contributed by atoms with van der Waals surface area (Å²) in [4.78, 5) is 14.5. The highest BCUT2D eigenvalue weighted by Crippen LogP contribution is 2.23. The van der Waals surface area contributed by atoms with E-state index >= 15 is 0 Å². The molecule has 0 radical (unpaired) electrons. The molecule has 0 saturated carbocycles. The number of rotatable bonds is 3. The number of carbonyl (C=O) groups excluding carboxylic acids is 1. The Bertz CT molecular complexity index is 490. The molecular weight excluding hydrogens is 256 g/mol. The first-order valence-corrected chi connectivity index (χ1v) is 6.90. The van der Waals surface area contributed by atoms with E-state index in [0.29, 0.717) is 18.7 Å². The number of phenolic OH excluding ortho intramolecular Hbond substituents is 1. The molecular formula is C15H22N2O3. The number of benzene rings is 1. The van der Waals surface area contributed by atoms with Crippen molar-refractivity contribution in [1.82, 2.24) is 4.90 Å². The topological polar surface area (TPSA) is 75.8 Å². The van der Waals surface area contributed by atoms with Crippen molar-refractivity contribution in [1.29, 1.82) is 0 Å². The SMILES string of the molecule is COC1CCN(C(=O)c2ccc(O)cc2C)C(CN)C1. The van der Waals surface area contributed by atoms with E-state index in [0.717, 1.165) is 18.4 Å². The first-order chi connectivity index (χ1) is 9.56. The molecule has 1 saturated heterocycles. The van der Waals surface area contributed by atoms with Gasteiger partial charge in [-0.1, -0.05) is 0 Å². The minimum Gasteiger partial charge on any atom is -0.508 e. The van der Waals surface area contributed by atoms with Crippen molar-refractivity contribution in [2.45, 2.75) is 31.9 Å². The summed E-state index contributed by atoms with van der Waals surface area (Å²) >= 11 is 0. The molecule has 110 valence electrons. The molecule has 0 aliphatic carbocycles. The Morgan fingerprint density at radius 2 is 2.30 bits per heavy atom. The summed E-state index contributed by atoms with van der Waals surface area (Å²) in [5, 5.41) is 9.43. The number of nitrogens with two attached hydrogens (primary N) is 1. The number of methoxy groups -OCH3 is 1. The Kier molecular flexibility index (Phi) is 4.62. The second kappa shape index (κ2) is 6.24. The Morgan fingerprint density at radius 1 is 1.55 bits per heavy atom. The van der Waals surface area contributed by atoms with E-state index < -0.39 is 0 Å². The van der Waals surface area contributed by atoms with Gasteiger partial charge in [-0.2, -0.15) is 0 Å². The highest BCUT2D eigenvalue weighted by Gasteiger charge is 2.31. The molecule has 2 unspecified atom stereocenters. The van der Waals surface area contributed by atoms with E-state index in [-0.39, 0.29) is 23.8 Å². The van der Waals surface area contributed by atoms with Crippen molar-refractivity contribution in [2.24, 2.45) is 5.73 Å². The molecule has 2 atom stereocenters. The first-order valence-electron chi connectivity index (χ1n) is 6.90. The lowest BCUT2D eigenvalue weighted by Gasteiger charge is -2.38. The average molecular weight is 278 g/mol. The second-order valence-electron chi connectivity index (χ2n) is 5.27. The van der Waals surface area contributed by atoms with Gasteiger partial charge in [-0.05, 0) is 43.5 Å². The summed E-state index contributed by atoms with van der Waals surface area (Å²) in [5.41, 5.74) is 7.20. The van der Waals surface area contributed by atoms with Crippen molar-refractivity contribution < 1.29 is 14.6 Å². The van der Waals surface area contributed by atoms with Crippen LogP contribution in [0.4, 0.5) is 0 Å². The molecule has 1 aromatic carbocycles. The Balaban J connectivity index is 2.19. The van der Waals surface area contributed by atoms with E-state index in [1.807, 2.05) is 11.8 Å². The lowest BCUT2D eigenvalue weighted by atomic mass is 9.97. The van der Waals surface area contributed by atoms with Gasteiger partial charge in [0.15, 0.2) is 0 Å². The largest absolute Gasteiger partial charge is 0.508 e. The van der Waals surface area contributed by atoms with Crippen LogP contribution in [-0.2, 0) is 4.74 Å². The number of carbonyl (C=O) groups is 1. The van der Waals surface area contributed by atoms with Crippen LogP contribution in [0, 0.1) is 6.92 Å². The zero-order valence-electron chi connectivity index (χ0n) is 12.0. The highest BCUT2D eigenvalue weighted by molar-refractivity contribution is 5.96.